The van der Waals surface area contributed by atoms with Gasteiger partial charge in [0.25, 0.3) is 0 Å². The van der Waals surface area contributed by atoms with Crippen LogP contribution in [0.3, 0.4) is 0 Å². The highest BCUT2D eigenvalue weighted by Gasteiger charge is 2.15. The Labute approximate surface area is 116 Å². The van der Waals surface area contributed by atoms with Crippen LogP contribution >= 0.6 is 11.6 Å². The van der Waals surface area contributed by atoms with Gasteiger partial charge >= 0.3 is 0 Å². The number of fused-ring (bicyclic) bond motifs is 1. The van der Waals surface area contributed by atoms with E-state index in [-0.39, 0.29) is 0 Å². The number of benzene rings is 2. The van der Waals surface area contributed by atoms with Gasteiger partial charge < -0.3 is 5.21 Å². The summed E-state index contributed by atoms with van der Waals surface area (Å²) < 4.78 is 0.878. The number of rotatable bonds is 1. The lowest BCUT2D eigenvalue weighted by atomic mass is 10.0. The van der Waals surface area contributed by atoms with E-state index in [0.29, 0.717) is 10.7 Å². The molecule has 0 saturated carbocycles. The van der Waals surface area contributed by atoms with Crippen LogP contribution in [0.25, 0.3) is 22.0 Å². The van der Waals surface area contributed by atoms with E-state index in [1.54, 1.807) is 6.20 Å². The zero-order valence-electron chi connectivity index (χ0n) is 10.4. The maximum absolute atomic E-state index is 12.1. The van der Waals surface area contributed by atoms with Crippen molar-refractivity contribution in [1.82, 2.24) is 0 Å². The predicted octanol–water partition coefficient (Wildman–Crippen LogP) is 4.10. The zero-order valence-corrected chi connectivity index (χ0v) is 11.2. The van der Waals surface area contributed by atoms with E-state index in [0.717, 1.165) is 26.6 Å². The van der Waals surface area contributed by atoms with Crippen LogP contribution < -0.4 is 4.73 Å². The van der Waals surface area contributed by atoms with Crippen LogP contribution in [-0.4, -0.2) is 0 Å². The molecule has 0 unspecified atom stereocenters. The lowest BCUT2D eigenvalue weighted by Gasteiger charge is -2.10. The van der Waals surface area contributed by atoms with E-state index in [2.05, 4.69) is 0 Å². The van der Waals surface area contributed by atoms with Crippen molar-refractivity contribution in [2.75, 3.05) is 0 Å². The Hall–Kier alpha value is -2.06. The molecule has 94 valence electrons. The summed E-state index contributed by atoms with van der Waals surface area (Å²) in [6.45, 7) is 1.89. The average molecular weight is 270 g/mol. The fourth-order valence-electron chi connectivity index (χ4n) is 2.28. The fourth-order valence-corrected chi connectivity index (χ4v) is 2.54. The number of nitrogens with zero attached hydrogens (tertiary/aromatic N) is 1. The quantitative estimate of drug-likeness (QED) is 0.483. The minimum atomic E-state index is 0.576. The van der Waals surface area contributed by atoms with Crippen molar-refractivity contribution in [3.8, 4) is 11.3 Å². The monoisotopic (exact) mass is 269 g/mol. The molecule has 1 aromatic heterocycles. The summed E-state index contributed by atoms with van der Waals surface area (Å²) in [5.41, 5.74) is 2.29. The second kappa shape index (κ2) is 4.56. The van der Waals surface area contributed by atoms with E-state index in [9.17, 15) is 5.21 Å². The van der Waals surface area contributed by atoms with Gasteiger partial charge in [0.2, 0.25) is 5.69 Å². The third-order valence-corrected chi connectivity index (χ3v) is 3.51. The molecular weight excluding hydrogens is 258 g/mol. The third-order valence-electron chi connectivity index (χ3n) is 3.20. The normalized spacial score (nSPS) is 10.8. The Morgan fingerprint density at radius 2 is 1.79 bits per heavy atom. The Morgan fingerprint density at radius 1 is 1.00 bits per heavy atom. The van der Waals surface area contributed by atoms with Crippen molar-refractivity contribution in [2.24, 2.45) is 0 Å². The Morgan fingerprint density at radius 3 is 2.58 bits per heavy atom. The van der Waals surface area contributed by atoms with Crippen LogP contribution in [0, 0.1) is 12.1 Å². The van der Waals surface area contributed by atoms with Gasteiger partial charge in [-0.1, -0.05) is 41.9 Å². The molecular formula is C16H12ClNO. The predicted molar refractivity (Wildman–Crippen MR) is 78.1 cm³/mol. The van der Waals surface area contributed by atoms with Crippen molar-refractivity contribution < 1.29 is 4.73 Å². The Kier molecular flexibility index (Phi) is 2.88. The molecule has 3 heteroatoms. The SMILES string of the molecule is Cc1ccc(-c2c(Cl)ccc3ccccc23)[n+]([O-])c1. The molecule has 0 fully saturated rings. The van der Waals surface area contributed by atoms with Crippen LogP contribution in [0.15, 0.2) is 54.7 Å². The lowest BCUT2D eigenvalue weighted by molar-refractivity contribution is -0.594. The first-order chi connectivity index (χ1) is 9.16. The third kappa shape index (κ3) is 2.04. The lowest BCUT2D eigenvalue weighted by Crippen LogP contribution is -2.29. The van der Waals surface area contributed by atoms with E-state index in [1.807, 2.05) is 55.5 Å². The minimum absolute atomic E-state index is 0.576. The topological polar surface area (TPSA) is 26.9 Å². The van der Waals surface area contributed by atoms with E-state index in [1.165, 1.54) is 0 Å². The van der Waals surface area contributed by atoms with Crippen LogP contribution in [-0.2, 0) is 0 Å². The molecule has 1 heterocycles. The number of hydrogen-bond acceptors (Lipinski definition) is 1. The molecule has 19 heavy (non-hydrogen) atoms. The number of halogens is 1. The second-order valence-corrected chi connectivity index (χ2v) is 4.97. The standard InChI is InChI=1S/C16H12ClNO/c1-11-6-9-15(18(19)10-11)16-13-5-3-2-4-12(13)7-8-14(16)17/h2-10H,1H3. The molecule has 2 nitrogen and oxygen atoms in total. The fraction of sp³-hybridized carbons (Fsp3) is 0.0625. The van der Waals surface area contributed by atoms with E-state index in [4.69, 9.17) is 11.6 Å². The molecule has 0 amide bonds. The van der Waals surface area contributed by atoms with Crippen molar-refractivity contribution in [2.45, 2.75) is 6.92 Å². The van der Waals surface area contributed by atoms with Gasteiger partial charge in [0, 0.05) is 11.6 Å². The molecule has 0 radical (unpaired) electrons. The molecule has 0 N–H and O–H groups in total. The second-order valence-electron chi connectivity index (χ2n) is 4.56. The maximum Gasteiger partial charge on any atom is 0.225 e. The molecule has 0 spiro atoms. The number of hydrogen-bond donors (Lipinski definition) is 0. The van der Waals surface area contributed by atoms with Gasteiger partial charge in [0.15, 0.2) is 6.20 Å². The van der Waals surface area contributed by atoms with Crippen molar-refractivity contribution >= 4 is 22.4 Å². The van der Waals surface area contributed by atoms with Crippen molar-refractivity contribution in [1.29, 1.82) is 0 Å². The molecule has 2 aromatic carbocycles. The molecule has 0 atom stereocenters. The van der Waals surface area contributed by atoms with Gasteiger partial charge in [0.05, 0.1) is 10.6 Å². The van der Waals surface area contributed by atoms with Crippen LogP contribution in [0.5, 0.6) is 0 Å². The van der Waals surface area contributed by atoms with E-state index >= 15 is 0 Å². The van der Waals surface area contributed by atoms with Crippen LogP contribution in [0.2, 0.25) is 5.02 Å². The van der Waals surface area contributed by atoms with Crippen LogP contribution in [0.4, 0.5) is 0 Å². The molecule has 0 saturated heterocycles. The first kappa shape index (κ1) is 12.0. The highest BCUT2D eigenvalue weighted by atomic mass is 35.5. The van der Waals surface area contributed by atoms with E-state index < -0.39 is 0 Å². The first-order valence-corrected chi connectivity index (χ1v) is 6.42. The van der Waals surface area contributed by atoms with Crippen molar-refractivity contribution in [3.63, 3.8) is 0 Å². The summed E-state index contributed by atoms with van der Waals surface area (Å²) in [6, 6.07) is 15.4. The van der Waals surface area contributed by atoms with Gasteiger partial charge in [-0.15, -0.1) is 0 Å². The largest absolute Gasteiger partial charge is 0.618 e. The highest BCUT2D eigenvalue weighted by molar-refractivity contribution is 6.34. The summed E-state index contributed by atoms with van der Waals surface area (Å²) in [4.78, 5) is 0. The van der Waals surface area contributed by atoms with Gasteiger partial charge in [-0.05, 0) is 29.8 Å². The van der Waals surface area contributed by atoms with Crippen LogP contribution in [0.1, 0.15) is 5.56 Å². The van der Waals surface area contributed by atoms with Crippen molar-refractivity contribution in [3.05, 3.63) is 70.5 Å². The first-order valence-electron chi connectivity index (χ1n) is 6.04. The molecule has 3 rings (SSSR count). The summed E-state index contributed by atoms with van der Waals surface area (Å²) in [7, 11) is 0. The molecule has 0 aliphatic heterocycles. The Bertz CT molecular complexity index is 768. The van der Waals surface area contributed by atoms with Gasteiger partial charge in [-0.25, -0.2) is 0 Å². The number of aromatic nitrogens is 1. The summed E-state index contributed by atoms with van der Waals surface area (Å²) in [6.07, 6.45) is 1.56. The highest BCUT2D eigenvalue weighted by Crippen LogP contribution is 2.33. The minimum Gasteiger partial charge on any atom is -0.618 e. The zero-order chi connectivity index (χ0) is 13.4. The molecule has 0 bridgehead atoms. The molecule has 0 aliphatic carbocycles. The molecule has 0 aliphatic rings. The van der Waals surface area contributed by atoms with Gasteiger partial charge in [-0.3, -0.25) is 0 Å². The number of aryl methyl sites for hydroxylation is 1. The van der Waals surface area contributed by atoms with Gasteiger partial charge in [0.1, 0.15) is 0 Å². The smallest absolute Gasteiger partial charge is 0.225 e. The summed E-state index contributed by atoms with van der Waals surface area (Å²) in [5.74, 6) is 0. The number of pyridine rings is 1. The summed E-state index contributed by atoms with van der Waals surface area (Å²) in [5, 5.41) is 14.7. The average Bonchev–Trinajstić information content (AvgIpc) is 2.40. The summed E-state index contributed by atoms with van der Waals surface area (Å²) >= 11 is 6.30. The van der Waals surface area contributed by atoms with Gasteiger partial charge in [-0.2, -0.15) is 4.73 Å². The maximum atomic E-state index is 12.1. The molecule has 3 aromatic rings. The Balaban J connectivity index is 2.38.